The summed E-state index contributed by atoms with van der Waals surface area (Å²) in [5.74, 6) is -1.83. The summed E-state index contributed by atoms with van der Waals surface area (Å²) in [4.78, 5) is 26.2. The van der Waals surface area contributed by atoms with Crippen LogP contribution in [0.25, 0.3) is 0 Å². The quantitative estimate of drug-likeness (QED) is 0.940. The number of amides is 1. The Morgan fingerprint density at radius 2 is 1.58 bits per heavy atom. The number of aliphatic carboxylic acids is 1. The highest BCUT2D eigenvalue weighted by Gasteiger charge is 2.41. The number of carbonyl (C=O) groups excluding carboxylic acids is 1. The second-order valence-corrected chi connectivity index (χ2v) is 6.34. The maximum absolute atomic E-state index is 12.8. The second-order valence-electron chi connectivity index (χ2n) is 6.34. The Hall–Kier alpha value is -2.62. The molecule has 4 heteroatoms. The van der Waals surface area contributed by atoms with Crippen molar-refractivity contribution in [2.24, 2.45) is 5.92 Å². The van der Waals surface area contributed by atoms with E-state index in [1.807, 2.05) is 67.6 Å². The molecule has 0 aromatic heterocycles. The van der Waals surface area contributed by atoms with Gasteiger partial charge in [0.1, 0.15) is 0 Å². The van der Waals surface area contributed by atoms with Gasteiger partial charge in [-0.25, -0.2) is 0 Å². The van der Waals surface area contributed by atoms with Gasteiger partial charge in [0, 0.05) is 19.0 Å². The van der Waals surface area contributed by atoms with E-state index in [4.69, 9.17) is 0 Å². The van der Waals surface area contributed by atoms with Crippen LogP contribution in [0.2, 0.25) is 0 Å². The molecule has 124 valence electrons. The van der Waals surface area contributed by atoms with Gasteiger partial charge >= 0.3 is 5.97 Å². The maximum Gasteiger partial charge on any atom is 0.308 e. The van der Waals surface area contributed by atoms with Crippen molar-refractivity contribution in [3.8, 4) is 0 Å². The smallest absolute Gasteiger partial charge is 0.308 e. The van der Waals surface area contributed by atoms with Gasteiger partial charge < -0.3 is 10.0 Å². The molecule has 1 amide bonds. The summed E-state index contributed by atoms with van der Waals surface area (Å²) in [5, 5.41) is 9.56. The SMILES string of the molecule is C[C@H](C(=O)N1CC(C(=O)O)C(c2ccccc2)C1)c1ccccc1. The van der Waals surface area contributed by atoms with Crippen molar-refractivity contribution in [1.82, 2.24) is 4.90 Å². The third-order valence-corrected chi connectivity index (χ3v) is 4.85. The number of hydrogen-bond acceptors (Lipinski definition) is 2. The highest BCUT2D eigenvalue weighted by molar-refractivity contribution is 5.85. The van der Waals surface area contributed by atoms with E-state index in [0.717, 1.165) is 11.1 Å². The molecular formula is C20H21NO3. The normalized spacial score (nSPS) is 21.5. The predicted octanol–water partition coefficient (Wildman–Crippen LogP) is 3.12. The Kier molecular flexibility index (Phi) is 4.65. The van der Waals surface area contributed by atoms with E-state index in [9.17, 15) is 14.7 Å². The van der Waals surface area contributed by atoms with Crippen molar-refractivity contribution in [2.45, 2.75) is 18.8 Å². The standard InChI is InChI=1S/C20H21NO3/c1-14(15-8-4-2-5-9-15)19(22)21-12-17(18(13-21)20(23)24)16-10-6-3-7-11-16/h2-11,14,17-18H,12-13H2,1H3,(H,23,24)/t14-,17?,18?/m0/s1. The fourth-order valence-electron chi connectivity index (χ4n) is 3.43. The number of carboxylic acids is 1. The molecule has 0 spiro atoms. The molecule has 2 unspecified atom stereocenters. The van der Waals surface area contributed by atoms with Gasteiger partial charge in [0.15, 0.2) is 0 Å². The highest BCUT2D eigenvalue weighted by atomic mass is 16.4. The van der Waals surface area contributed by atoms with Crippen LogP contribution in [0.5, 0.6) is 0 Å². The summed E-state index contributed by atoms with van der Waals surface area (Å²) in [5.41, 5.74) is 1.94. The van der Waals surface area contributed by atoms with Crippen LogP contribution in [0, 0.1) is 5.92 Å². The minimum Gasteiger partial charge on any atom is -0.481 e. The first-order chi connectivity index (χ1) is 11.6. The van der Waals surface area contributed by atoms with Crippen LogP contribution in [0.4, 0.5) is 0 Å². The summed E-state index contributed by atoms with van der Waals surface area (Å²) >= 11 is 0. The van der Waals surface area contributed by atoms with E-state index in [1.165, 1.54) is 0 Å². The van der Waals surface area contributed by atoms with E-state index in [0.29, 0.717) is 6.54 Å². The zero-order chi connectivity index (χ0) is 17.1. The molecule has 1 N–H and O–H groups in total. The zero-order valence-corrected chi connectivity index (χ0v) is 13.6. The lowest BCUT2D eigenvalue weighted by atomic mass is 9.89. The number of likely N-dealkylation sites (tertiary alicyclic amines) is 1. The van der Waals surface area contributed by atoms with E-state index in [-0.39, 0.29) is 24.3 Å². The molecule has 2 aromatic rings. The van der Waals surface area contributed by atoms with Crippen LogP contribution in [0.3, 0.4) is 0 Å². The number of nitrogens with zero attached hydrogens (tertiary/aromatic N) is 1. The van der Waals surface area contributed by atoms with Gasteiger partial charge in [0.25, 0.3) is 0 Å². The van der Waals surface area contributed by atoms with Crippen molar-refractivity contribution in [3.63, 3.8) is 0 Å². The minimum absolute atomic E-state index is 0.00844. The number of benzene rings is 2. The molecule has 0 saturated carbocycles. The minimum atomic E-state index is -0.841. The third kappa shape index (κ3) is 3.18. The molecule has 0 bridgehead atoms. The van der Waals surface area contributed by atoms with Crippen LogP contribution < -0.4 is 0 Å². The van der Waals surface area contributed by atoms with Gasteiger partial charge in [0.2, 0.25) is 5.91 Å². The van der Waals surface area contributed by atoms with Crippen LogP contribution in [-0.4, -0.2) is 35.0 Å². The Morgan fingerprint density at radius 3 is 2.17 bits per heavy atom. The van der Waals surface area contributed by atoms with Gasteiger partial charge in [-0.05, 0) is 18.1 Å². The van der Waals surface area contributed by atoms with Gasteiger partial charge in [0.05, 0.1) is 11.8 Å². The van der Waals surface area contributed by atoms with Crippen LogP contribution >= 0.6 is 0 Å². The average molecular weight is 323 g/mol. The van der Waals surface area contributed by atoms with Crippen molar-refractivity contribution < 1.29 is 14.7 Å². The van der Waals surface area contributed by atoms with Gasteiger partial charge in [-0.15, -0.1) is 0 Å². The fourth-order valence-corrected chi connectivity index (χ4v) is 3.43. The first kappa shape index (κ1) is 16.2. The molecule has 2 aromatic carbocycles. The zero-order valence-electron chi connectivity index (χ0n) is 13.6. The lowest BCUT2D eigenvalue weighted by Crippen LogP contribution is -2.33. The van der Waals surface area contributed by atoms with Crippen LogP contribution in [0.15, 0.2) is 60.7 Å². The predicted molar refractivity (Wildman–Crippen MR) is 91.7 cm³/mol. The molecule has 24 heavy (non-hydrogen) atoms. The topological polar surface area (TPSA) is 57.6 Å². The molecule has 1 fully saturated rings. The van der Waals surface area contributed by atoms with Crippen molar-refractivity contribution in [3.05, 3.63) is 71.8 Å². The molecule has 4 nitrogen and oxygen atoms in total. The summed E-state index contributed by atoms with van der Waals surface area (Å²) in [6.45, 7) is 2.60. The number of hydrogen-bond donors (Lipinski definition) is 1. The number of carboxylic acid groups (broad SMARTS) is 1. The maximum atomic E-state index is 12.8. The summed E-state index contributed by atoms with van der Waals surface area (Å²) in [6, 6.07) is 19.2. The monoisotopic (exact) mass is 323 g/mol. The Bertz CT molecular complexity index is 714. The van der Waals surface area contributed by atoms with E-state index >= 15 is 0 Å². The summed E-state index contributed by atoms with van der Waals surface area (Å²) in [6.07, 6.45) is 0. The molecule has 1 heterocycles. The first-order valence-corrected chi connectivity index (χ1v) is 8.19. The molecule has 0 aliphatic carbocycles. The van der Waals surface area contributed by atoms with Crippen molar-refractivity contribution >= 4 is 11.9 Å². The largest absolute Gasteiger partial charge is 0.481 e. The van der Waals surface area contributed by atoms with Crippen molar-refractivity contribution in [2.75, 3.05) is 13.1 Å². The number of rotatable bonds is 4. The molecule has 1 saturated heterocycles. The Labute approximate surface area is 141 Å². The van der Waals surface area contributed by atoms with E-state index < -0.39 is 11.9 Å². The summed E-state index contributed by atoms with van der Waals surface area (Å²) in [7, 11) is 0. The lowest BCUT2D eigenvalue weighted by Gasteiger charge is -2.21. The molecular weight excluding hydrogens is 302 g/mol. The van der Waals surface area contributed by atoms with Gasteiger partial charge in [-0.1, -0.05) is 60.7 Å². The van der Waals surface area contributed by atoms with E-state index in [1.54, 1.807) is 4.90 Å². The van der Waals surface area contributed by atoms with Crippen LogP contribution in [-0.2, 0) is 9.59 Å². The number of carbonyl (C=O) groups is 2. The second kappa shape index (κ2) is 6.87. The first-order valence-electron chi connectivity index (χ1n) is 8.19. The average Bonchev–Trinajstić information content (AvgIpc) is 3.07. The highest BCUT2D eigenvalue weighted by Crippen LogP contribution is 2.34. The molecule has 3 atom stereocenters. The molecule has 3 rings (SSSR count). The molecule has 1 aliphatic heterocycles. The summed E-state index contributed by atoms with van der Waals surface area (Å²) < 4.78 is 0. The molecule has 0 radical (unpaired) electrons. The van der Waals surface area contributed by atoms with Crippen molar-refractivity contribution in [1.29, 1.82) is 0 Å². The lowest BCUT2D eigenvalue weighted by molar-refractivity contribution is -0.141. The fraction of sp³-hybridized carbons (Fsp3) is 0.300. The Balaban J connectivity index is 1.80. The van der Waals surface area contributed by atoms with Gasteiger partial charge in [-0.2, -0.15) is 0 Å². The Morgan fingerprint density at radius 1 is 1.00 bits per heavy atom. The van der Waals surface area contributed by atoms with E-state index in [2.05, 4.69) is 0 Å². The third-order valence-electron chi connectivity index (χ3n) is 4.85. The molecule has 1 aliphatic rings. The van der Waals surface area contributed by atoms with Gasteiger partial charge in [-0.3, -0.25) is 9.59 Å². The van der Waals surface area contributed by atoms with Crippen LogP contribution in [0.1, 0.15) is 29.9 Å².